The van der Waals surface area contributed by atoms with Crippen molar-refractivity contribution in [1.29, 1.82) is 0 Å². The van der Waals surface area contributed by atoms with E-state index in [1.165, 1.54) is 4.90 Å². The molecule has 0 bridgehead atoms. The number of para-hydroxylation sites is 1. The minimum Gasteiger partial charge on any atom is -0.508 e. The van der Waals surface area contributed by atoms with Crippen LogP contribution in [0.2, 0.25) is 0 Å². The van der Waals surface area contributed by atoms with Gasteiger partial charge in [0.05, 0.1) is 5.69 Å². The van der Waals surface area contributed by atoms with Crippen LogP contribution in [-0.2, 0) is 26.3 Å². The third-order valence-corrected chi connectivity index (χ3v) is 7.01. The van der Waals surface area contributed by atoms with Gasteiger partial charge in [-0.1, -0.05) is 43.7 Å². The number of hydrogen-bond donors (Lipinski definition) is 3. The summed E-state index contributed by atoms with van der Waals surface area (Å²) in [5, 5.41) is 14.5. The highest BCUT2D eigenvalue weighted by Crippen LogP contribution is 2.49. The van der Waals surface area contributed by atoms with Crippen molar-refractivity contribution in [1.82, 2.24) is 4.90 Å². The second kappa shape index (κ2) is 7.20. The quantitative estimate of drug-likeness (QED) is 0.631. The van der Waals surface area contributed by atoms with Crippen LogP contribution in [0.3, 0.4) is 0 Å². The Morgan fingerprint density at radius 1 is 1.06 bits per heavy atom. The second-order valence-corrected chi connectivity index (χ2v) is 8.75. The van der Waals surface area contributed by atoms with Crippen molar-refractivity contribution in [3.8, 4) is 5.75 Å². The van der Waals surface area contributed by atoms with E-state index in [4.69, 9.17) is 0 Å². The molecule has 3 heterocycles. The summed E-state index contributed by atoms with van der Waals surface area (Å²) in [4.78, 5) is 41.7. The molecule has 4 N–H and O–H groups in total. The Morgan fingerprint density at radius 2 is 1.81 bits per heavy atom. The Bertz CT molecular complexity index is 1070. The Kier molecular flexibility index (Phi) is 4.59. The molecule has 7 heteroatoms. The SMILES string of the molecule is CCCCN1C(=O)[C@H]2[C@@H](C1=O)[C@@]1([NH2+][C@@H]2Cc2ccc(O)cc2)C(=O)Nc2ccccc21. The van der Waals surface area contributed by atoms with Crippen LogP contribution < -0.4 is 10.6 Å². The molecular formula is C24H26N3O4+. The van der Waals surface area contributed by atoms with Crippen molar-refractivity contribution in [3.63, 3.8) is 0 Å². The molecule has 0 unspecified atom stereocenters. The largest absolute Gasteiger partial charge is 0.508 e. The van der Waals surface area contributed by atoms with E-state index in [0.717, 1.165) is 24.0 Å². The minimum absolute atomic E-state index is 0.169. The van der Waals surface area contributed by atoms with E-state index < -0.39 is 17.4 Å². The lowest BCUT2D eigenvalue weighted by Gasteiger charge is -2.26. The molecule has 2 aromatic rings. The molecule has 160 valence electrons. The highest BCUT2D eigenvalue weighted by atomic mass is 16.3. The Labute approximate surface area is 180 Å². The maximum absolute atomic E-state index is 13.5. The fourth-order valence-corrected chi connectivity index (χ4v) is 5.61. The highest BCUT2D eigenvalue weighted by molar-refractivity contribution is 6.13. The number of quaternary nitrogens is 1. The standard InChI is InChI=1S/C24H25N3O4/c1-2-3-12-27-21(29)19-18(13-14-8-10-15(28)11-9-14)26-24(20(19)22(27)30)16-6-4-5-7-17(16)25-23(24)31/h4-11,18-20,26,28H,2-3,12-13H2,1H3,(H,25,31)/p+1/t18-,19-,20+,24-/m1/s1. The van der Waals surface area contributed by atoms with Gasteiger partial charge in [0.15, 0.2) is 0 Å². The van der Waals surface area contributed by atoms with Crippen LogP contribution in [0.5, 0.6) is 5.75 Å². The molecule has 2 fully saturated rings. The molecule has 1 spiro atoms. The Morgan fingerprint density at radius 3 is 2.55 bits per heavy atom. The summed E-state index contributed by atoms with van der Waals surface area (Å²) in [5.41, 5.74) is 1.31. The number of hydrogen-bond acceptors (Lipinski definition) is 4. The molecule has 31 heavy (non-hydrogen) atoms. The third kappa shape index (κ3) is 2.80. The van der Waals surface area contributed by atoms with Gasteiger partial charge in [-0.15, -0.1) is 0 Å². The number of phenolic OH excluding ortho intramolecular Hbond substituents is 1. The Balaban J connectivity index is 1.59. The van der Waals surface area contributed by atoms with E-state index in [1.54, 1.807) is 12.1 Å². The van der Waals surface area contributed by atoms with E-state index >= 15 is 0 Å². The fourth-order valence-electron chi connectivity index (χ4n) is 5.61. The number of anilines is 1. The average Bonchev–Trinajstić information content (AvgIpc) is 3.33. The van der Waals surface area contributed by atoms with Crippen LogP contribution in [0.4, 0.5) is 5.69 Å². The molecule has 3 amide bonds. The summed E-state index contributed by atoms with van der Waals surface area (Å²) in [6, 6.07) is 14.1. The van der Waals surface area contributed by atoms with Crippen molar-refractivity contribution in [2.24, 2.45) is 11.8 Å². The molecule has 5 rings (SSSR count). The van der Waals surface area contributed by atoms with Gasteiger partial charge in [0.1, 0.15) is 23.6 Å². The number of benzene rings is 2. The van der Waals surface area contributed by atoms with Gasteiger partial charge in [0, 0.05) is 18.5 Å². The smallest absolute Gasteiger partial charge is 0.291 e. The zero-order valence-corrected chi connectivity index (χ0v) is 17.4. The molecule has 4 atom stereocenters. The minimum atomic E-state index is -1.13. The third-order valence-electron chi connectivity index (χ3n) is 7.01. The number of nitrogens with one attached hydrogen (secondary N) is 1. The number of imide groups is 1. The first-order valence-electron chi connectivity index (χ1n) is 10.9. The topological polar surface area (TPSA) is 103 Å². The van der Waals surface area contributed by atoms with Gasteiger partial charge < -0.3 is 15.7 Å². The van der Waals surface area contributed by atoms with Crippen molar-refractivity contribution in [2.75, 3.05) is 11.9 Å². The monoisotopic (exact) mass is 420 g/mol. The van der Waals surface area contributed by atoms with Crippen LogP contribution in [-0.4, -0.2) is 40.3 Å². The van der Waals surface area contributed by atoms with Crippen LogP contribution in [0.1, 0.15) is 30.9 Å². The number of likely N-dealkylation sites (tertiary alicyclic amines) is 1. The molecule has 3 aliphatic rings. The number of aromatic hydroxyl groups is 1. The normalized spacial score (nSPS) is 28.9. The number of carbonyl (C=O) groups is 3. The van der Waals surface area contributed by atoms with Crippen molar-refractivity contribution < 1.29 is 24.8 Å². The van der Waals surface area contributed by atoms with E-state index in [1.807, 2.05) is 48.6 Å². The molecule has 7 nitrogen and oxygen atoms in total. The van der Waals surface area contributed by atoms with Gasteiger partial charge in [-0.3, -0.25) is 19.3 Å². The van der Waals surface area contributed by atoms with Gasteiger partial charge in [-0.2, -0.15) is 0 Å². The number of phenols is 1. The molecule has 0 aromatic heterocycles. The van der Waals surface area contributed by atoms with Crippen LogP contribution >= 0.6 is 0 Å². The van der Waals surface area contributed by atoms with Gasteiger partial charge in [0.2, 0.25) is 17.4 Å². The number of amides is 3. The molecule has 0 radical (unpaired) electrons. The lowest BCUT2D eigenvalue weighted by Crippen LogP contribution is -2.99. The molecule has 2 saturated heterocycles. The average molecular weight is 420 g/mol. The van der Waals surface area contributed by atoms with Gasteiger partial charge in [-0.05, 0) is 30.2 Å². The summed E-state index contributed by atoms with van der Waals surface area (Å²) in [6.45, 7) is 2.42. The maximum atomic E-state index is 13.5. The molecule has 3 aliphatic heterocycles. The number of unbranched alkanes of at least 4 members (excludes halogenated alkanes) is 1. The van der Waals surface area contributed by atoms with Crippen LogP contribution in [0.25, 0.3) is 0 Å². The first-order valence-corrected chi connectivity index (χ1v) is 10.9. The van der Waals surface area contributed by atoms with Gasteiger partial charge in [-0.25, -0.2) is 0 Å². The highest BCUT2D eigenvalue weighted by Gasteiger charge is 2.73. The summed E-state index contributed by atoms with van der Waals surface area (Å²) in [7, 11) is 0. The lowest BCUT2D eigenvalue weighted by molar-refractivity contribution is -0.733. The number of carbonyl (C=O) groups excluding carboxylic acids is 3. The van der Waals surface area contributed by atoms with Crippen molar-refractivity contribution in [3.05, 3.63) is 59.7 Å². The lowest BCUT2D eigenvalue weighted by atomic mass is 9.76. The van der Waals surface area contributed by atoms with E-state index in [9.17, 15) is 19.5 Å². The summed E-state index contributed by atoms with van der Waals surface area (Å²) >= 11 is 0. The zero-order chi connectivity index (χ0) is 21.8. The maximum Gasteiger partial charge on any atom is 0.291 e. The van der Waals surface area contributed by atoms with Crippen LogP contribution in [0.15, 0.2) is 48.5 Å². The summed E-state index contributed by atoms with van der Waals surface area (Å²) < 4.78 is 0. The first kappa shape index (κ1) is 19.8. The predicted molar refractivity (Wildman–Crippen MR) is 113 cm³/mol. The molecule has 0 aliphatic carbocycles. The van der Waals surface area contributed by atoms with Crippen LogP contribution in [0, 0.1) is 11.8 Å². The fraction of sp³-hybridized carbons (Fsp3) is 0.375. The number of fused-ring (bicyclic) bond motifs is 4. The zero-order valence-electron chi connectivity index (χ0n) is 17.4. The summed E-state index contributed by atoms with van der Waals surface area (Å²) in [5.74, 6) is -1.74. The molecule has 2 aromatic carbocycles. The van der Waals surface area contributed by atoms with Crippen molar-refractivity contribution in [2.45, 2.75) is 37.8 Å². The second-order valence-electron chi connectivity index (χ2n) is 8.75. The van der Waals surface area contributed by atoms with E-state index in [2.05, 4.69) is 5.32 Å². The summed E-state index contributed by atoms with van der Waals surface area (Å²) in [6.07, 6.45) is 2.16. The number of nitrogens with two attached hydrogens (primary N) is 1. The predicted octanol–water partition coefficient (Wildman–Crippen LogP) is 1.13. The van der Waals surface area contributed by atoms with Crippen molar-refractivity contribution >= 4 is 23.4 Å². The number of rotatable bonds is 5. The molecule has 0 saturated carbocycles. The van der Waals surface area contributed by atoms with E-state index in [0.29, 0.717) is 18.7 Å². The van der Waals surface area contributed by atoms with E-state index in [-0.39, 0.29) is 29.5 Å². The van der Waals surface area contributed by atoms with Gasteiger partial charge >= 0.3 is 0 Å². The first-order chi connectivity index (χ1) is 15.0. The Hall–Kier alpha value is -3.19. The molecular weight excluding hydrogens is 394 g/mol. The van der Waals surface area contributed by atoms with Gasteiger partial charge in [0.25, 0.3) is 5.91 Å². The number of nitrogens with zero attached hydrogens (tertiary/aromatic N) is 1.